The fraction of sp³-hybridized carbons (Fsp3) is 0.429. The maximum Gasteiger partial charge on any atom is 0.318 e. The van der Waals surface area contributed by atoms with Crippen LogP contribution in [0.4, 0.5) is 0 Å². The van der Waals surface area contributed by atoms with Crippen LogP contribution in [0.3, 0.4) is 0 Å². The molecule has 2 rings (SSSR count). The molecule has 0 spiro atoms. The summed E-state index contributed by atoms with van der Waals surface area (Å²) in [6, 6.07) is 7.27. The lowest BCUT2D eigenvalue weighted by Gasteiger charge is -2.26. The van der Waals surface area contributed by atoms with E-state index in [0.717, 1.165) is 17.1 Å². The van der Waals surface area contributed by atoms with Crippen LogP contribution in [0.1, 0.15) is 31.2 Å². The molecule has 0 radical (unpaired) electrons. The Bertz CT molecular complexity index is 672. The van der Waals surface area contributed by atoms with E-state index in [-0.39, 0.29) is 16.5 Å². The zero-order valence-electron chi connectivity index (χ0n) is 11.4. The van der Waals surface area contributed by atoms with E-state index in [1.807, 2.05) is 6.07 Å². The highest BCUT2D eigenvalue weighted by molar-refractivity contribution is 7.89. The summed E-state index contributed by atoms with van der Waals surface area (Å²) in [5, 5.41) is 17.9. The highest BCUT2D eigenvalue weighted by Crippen LogP contribution is 2.28. The Hall–Kier alpha value is -1.91. The minimum Gasteiger partial charge on any atom is -0.480 e. The van der Waals surface area contributed by atoms with Gasteiger partial charge in [-0.25, -0.2) is 8.42 Å². The van der Waals surface area contributed by atoms with Gasteiger partial charge in [0.1, 0.15) is 6.54 Å². The third-order valence-electron chi connectivity index (χ3n) is 3.59. The topological polar surface area (TPSA) is 98.5 Å². The molecular formula is C14H16N2O4S. The zero-order chi connectivity index (χ0) is 15.5. The normalized spacial score (nSPS) is 16.0. The summed E-state index contributed by atoms with van der Waals surface area (Å²) in [6.07, 6.45) is 3.14. The van der Waals surface area contributed by atoms with Crippen molar-refractivity contribution in [1.82, 2.24) is 4.31 Å². The Labute approximate surface area is 123 Å². The molecular weight excluding hydrogens is 292 g/mol. The molecule has 1 aromatic rings. The predicted octanol–water partition coefficient (Wildman–Crippen LogP) is 1.58. The lowest BCUT2D eigenvalue weighted by atomic mass is 10.2. The van der Waals surface area contributed by atoms with Gasteiger partial charge in [0.25, 0.3) is 0 Å². The van der Waals surface area contributed by atoms with Crippen molar-refractivity contribution in [2.24, 2.45) is 0 Å². The maximum absolute atomic E-state index is 12.7. The van der Waals surface area contributed by atoms with Gasteiger partial charge >= 0.3 is 5.97 Å². The lowest BCUT2D eigenvalue weighted by Crippen LogP contribution is -2.42. The zero-order valence-corrected chi connectivity index (χ0v) is 12.2. The molecule has 1 aliphatic rings. The number of hydrogen-bond donors (Lipinski definition) is 1. The molecule has 1 N–H and O–H groups in total. The van der Waals surface area contributed by atoms with E-state index in [4.69, 9.17) is 10.4 Å². The molecule has 112 valence electrons. The van der Waals surface area contributed by atoms with Gasteiger partial charge in [-0.2, -0.15) is 9.57 Å². The first kappa shape index (κ1) is 15.5. The first-order chi connectivity index (χ1) is 9.95. The highest BCUT2D eigenvalue weighted by atomic mass is 32.2. The van der Waals surface area contributed by atoms with Gasteiger partial charge in [-0.05, 0) is 31.0 Å². The van der Waals surface area contributed by atoms with Crippen LogP contribution in [0, 0.1) is 11.3 Å². The number of nitriles is 1. The van der Waals surface area contributed by atoms with Crippen molar-refractivity contribution in [3.63, 3.8) is 0 Å². The molecule has 1 fully saturated rings. The van der Waals surface area contributed by atoms with Gasteiger partial charge in [0.05, 0.1) is 16.5 Å². The number of carboxylic acid groups (broad SMARTS) is 1. The monoisotopic (exact) mass is 308 g/mol. The number of hydrogen-bond acceptors (Lipinski definition) is 4. The average molecular weight is 308 g/mol. The summed E-state index contributed by atoms with van der Waals surface area (Å²) in [7, 11) is -3.91. The number of aliphatic carboxylic acids is 1. The molecule has 0 saturated heterocycles. The second-order valence-corrected chi connectivity index (χ2v) is 6.91. The Morgan fingerprint density at radius 3 is 2.62 bits per heavy atom. The smallest absolute Gasteiger partial charge is 0.318 e. The van der Waals surface area contributed by atoms with Crippen molar-refractivity contribution >= 4 is 16.0 Å². The highest BCUT2D eigenvalue weighted by Gasteiger charge is 2.34. The van der Waals surface area contributed by atoms with Crippen molar-refractivity contribution < 1.29 is 18.3 Å². The second kappa shape index (κ2) is 6.24. The fourth-order valence-electron chi connectivity index (χ4n) is 2.60. The summed E-state index contributed by atoms with van der Waals surface area (Å²) in [6.45, 7) is -0.552. The first-order valence-electron chi connectivity index (χ1n) is 6.69. The van der Waals surface area contributed by atoms with Crippen molar-refractivity contribution in [3.8, 4) is 6.07 Å². The summed E-state index contributed by atoms with van der Waals surface area (Å²) < 4.78 is 26.4. The summed E-state index contributed by atoms with van der Waals surface area (Å²) >= 11 is 0. The van der Waals surface area contributed by atoms with Gasteiger partial charge in [-0.15, -0.1) is 0 Å². The Kier molecular flexibility index (Phi) is 4.60. The standard InChI is InChI=1S/C14H16N2O4S/c15-9-11-4-3-7-13(8-11)21(19,20)16(10-14(17)18)12-5-1-2-6-12/h3-4,7-8,12H,1-2,5-6,10H2,(H,17,18). The van der Waals surface area contributed by atoms with E-state index in [2.05, 4.69) is 0 Å². The van der Waals surface area contributed by atoms with Crippen molar-refractivity contribution in [3.05, 3.63) is 29.8 Å². The molecule has 21 heavy (non-hydrogen) atoms. The van der Waals surface area contributed by atoms with Gasteiger partial charge in [0, 0.05) is 6.04 Å². The lowest BCUT2D eigenvalue weighted by molar-refractivity contribution is -0.137. The van der Waals surface area contributed by atoms with E-state index in [1.54, 1.807) is 0 Å². The van der Waals surface area contributed by atoms with Crippen LogP contribution in [-0.4, -0.2) is 36.4 Å². The summed E-state index contributed by atoms with van der Waals surface area (Å²) in [5.41, 5.74) is 0.234. The van der Waals surface area contributed by atoms with E-state index in [0.29, 0.717) is 12.8 Å². The molecule has 0 atom stereocenters. The van der Waals surface area contributed by atoms with Crippen LogP contribution in [-0.2, 0) is 14.8 Å². The summed E-state index contributed by atoms with van der Waals surface area (Å²) in [4.78, 5) is 11.0. The number of rotatable bonds is 5. The third kappa shape index (κ3) is 3.40. The molecule has 0 unspecified atom stereocenters. The summed E-state index contributed by atoms with van der Waals surface area (Å²) in [5.74, 6) is -1.18. The van der Waals surface area contributed by atoms with Crippen molar-refractivity contribution in [2.75, 3.05) is 6.54 Å². The average Bonchev–Trinajstić information content (AvgIpc) is 2.98. The molecule has 0 aromatic heterocycles. The van der Waals surface area contributed by atoms with Gasteiger partial charge in [0.15, 0.2) is 0 Å². The minimum atomic E-state index is -3.91. The van der Waals surface area contributed by atoms with E-state index >= 15 is 0 Å². The quantitative estimate of drug-likeness (QED) is 0.890. The van der Waals surface area contributed by atoms with Gasteiger partial charge < -0.3 is 5.11 Å². The number of sulfonamides is 1. The molecule has 1 aliphatic carbocycles. The first-order valence-corrected chi connectivity index (χ1v) is 8.13. The Balaban J connectivity index is 2.40. The second-order valence-electron chi connectivity index (χ2n) is 5.02. The van der Waals surface area contributed by atoms with Gasteiger partial charge in [0.2, 0.25) is 10.0 Å². The Morgan fingerprint density at radius 1 is 1.38 bits per heavy atom. The van der Waals surface area contributed by atoms with Gasteiger partial charge in [-0.3, -0.25) is 4.79 Å². The predicted molar refractivity (Wildman–Crippen MR) is 74.9 cm³/mol. The van der Waals surface area contributed by atoms with Crippen LogP contribution in [0.5, 0.6) is 0 Å². The number of carbonyl (C=O) groups is 1. The van der Waals surface area contributed by atoms with Crippen LogP contribution in [0.25, 0.3) is 0 Å². The van der Waals surface area contributed by atoms with Crippen LogP contribution >= 0.6 is 0 Å². The van der Waals surface area contributed by atoms with Crippen LogP contribution in [0.2, 0.25) is 0 Å². The maximum atomic E-state index is 12.7. The van der Waals surface area contributed by atoms with E-state index < -0.39 is 22.5 Å². The largest absolute Gasteiger partial charge is 0.480 e. The molecule has 1 aromatic carbocycles. The molecule has 0 bridgehead atoms. The number of benzene rings is 1. The SMILES string of the molecule is N#Cc1cccc(S(=O)(=O)N(CC(=O)O)C2CCCC2)c1. The molecule has 0 amide bonds. The minimum absolute atomic E-state index is 0.0327. The van der Waals surface area contributed by atoms with E-state index in [1.165, 1.54) is 24.3 Å². The van der Waals surface area contributed by atoms with Crippen LogP contribution < -0.4 is 0 Å². The Morgan fingerprint density at radius 2 is 2.05 bits per heavy atom. The van der Waals surface area contributed by atoms with E-state index in [9.17, 15) is 13.2 Å². The molecule has 1 saturated carbocycles. The number of carboxylic acids is 1. The van der Waals surface area contributed by atoms with Crippen molar-refractivity contribution in [2.45, 2.75) is 36.6 Å². The fourth-order valence-corrected chi connectivity index (χ4v) is 4.28. The van der Waals surface area contributed by atoms with Crippen LogP contribution in [0.15, 0.2) is 29.2 Å². The van der Waals surface area contributed by atoms with Crippen molar-refractivity contribution in [1.29, 1.82) is 5.26 Å². The third-order valence-corrected chi connectivity index (χ3v) is 5.49. The number of nitrogens with zero attached hydrogens (tertiary/aromatic N) is 2. The molecule has 7 heteroatoms. The molecule has 0 heterocycles. The molecule has 6 nitrogen and oxygen atoms in total. The molecule has 0 aliphatic heterocycles. The van der Waals surface area contributed by atoms with Gasteiger partial charge in [-0.1, -0.05) is 18.9 Å².